The normalized spacial score (nSPS) is 14.7. The van der Waals surface area contributed by atoms with Crippen LogP contribution in [0.25, 0.3) is 11.0 Å². The summed E-state index contributed by atoms with van der Waals surface area (Å²) >= 11 is 3.23. The molecule has 0 unspecified atom stereocenters. The van der Waals surface area contributed by atoms with Gasteiger partial charge in [0.05, 0.1) is 0 Å². The molecule has 0 saturated carbocycles. The number of fused-ring (bicyclic) bond motifs is 1. The highest BCUT2D eigenvalue weighted by atomic mass is 32.2. The molecule has 1 saturated heterocycles. The average Bonchev–Trinajstić information content (AvgIpc) is 3.43. The highest BCUT2D eigenvalue weighted by Gasteiger charge is 2.31. The minimum atomic E-state index is -0.101. The van der Waals surface area contributed by atoms with E-state index in [-0.39, 0.29) is 17.7 Å². The number of furan rings is 1. The van der Waals surface area contributed by atoms with Crippen LogP contribution in [0.4, 0.5) is 0 Å². The Morgan fingerprint density at radius 1 is 1.30 bits per heavy atom. The fourth-order valence-corrected chi connectivity index (χ4v) is 5.89. The average molecular weight is 488 g/mol. The first kappa shape index (κ1) is 23.8. The van der Waals surface area contributed by atoms with E-state index in [4.69, 9.17) is 9.15 Å². The van der Waals surface area contributed by atoms with Crippen molar-refractivity contribution < 1.29 is 18.7 Å². The third kappa shape index (κ3) is 5.77. The lowest BCUT2D eigenvalue weighted by atomic mass is 9.95. The van der Waals surface area contributed by atoms with E-state index < -0.39 is 0 Å². The number of rotatable bonds is 9. The van der Waals surface area contributed by atoms with Crippen molar-refractivity contribution in [2.45, 2.75) is 36.3 Å². The van der Waals surface area contributed by atoms with Gasteiger partial charge >= 0.3 is 0 Å². The van der Waals surface area contributed by atoms with Gasteiger partial charge < -0.3 is 19.4 Å². The molecule has 4 rings (SSSR count). The Bertz CT molecular complexity index is 1100. The summed E-state index contributed by atoms with van der Waals surface area (Å²) in [4.78, 5) is 32.2. The Labute approximate surface area is 201 Å². The fraction of sp³-hybridized carbons (Fsp3) is 0.458. The summed E-state index contributed by atoms with van der Waals surface area (Å²) in [6, 6.07) is 7.77. The van der Waals surface area contributed by atoms with Crippen LogP contribution in [0, 0.1) is 12.8 Å². The van der Waals surface area contributed by atoms with E-state index in [2.05, 4.69) is 10.3 Å². The van der Waals surface area contributed by atoms with E-state index in [9.17, 15) is 9.59 Å². The number of thiazole rings is 1. The van der Waals surface area contributed by atoms with Crippen LogP contribution >= 0.6 is 23.1 Å². The first-order chi connectivity index (χ1) is 16.1. The molecular weight excluding hydrogens is 458 g/mol. The molecular formula is C24H29N3O4S2. The molecule has 176 valence electrons. The number of methoxy groups -OCH3 is 1. The number of nitrogens with one attached hydrogen (secondary N) is 1. The summed E-state index contributed by atoms with van der Waals surface area (Å²) in [5, 5.41) is 5.97. The molecule has 9 heteroatoms. The number of likely N-dealkylation sites (tertiary alicyclic amines) is 1. The van der Waals surface area contributed by atoms with Crippen molar-refractivity contribution >= 4 is 45.9 Å². The van der Waals surface area contributed by atoms with Crippen LogP contribution in [0.3, 0.4) is 0 Å². The van der Waals surface area contributed by atoms with Crippen LogP contribution in [0.15, 0.2) is 38.4 Å². The minimum absolute atomic E-state index is 0.0598. The fourth-order valence-electron chi connectivity index (χ4n) is 4.01. The maximum Gasteiger partial charge on any atom is 0.289 e. The van der Waals surface area contributed by atoms with Crippen LogP contribution in [0.5, 0.6) is 0 Å². The molecule has 1 aliphatic rings. The maximum atomic E-state index is 13.4. The monoisotopic (exact) mass is 487 g/mol. The number of amides is 2. The predicted octanol–water partition coefficient (Wildman–Crippen LogP) is 4.49. The third-order valence-electron chi connectivity index (χ3n) is 5.81. The number of para-hydroxylation sites is 1. The number of nitrogens with zero attached hydrogens (tertiary/aromatic N) is 2. The molecule has 0 spiro atoms. The van der Waals surface area contributed by atoms with Crippen LogP contribution in [0.1, 0.15) is 41.1 Å². The Hall–Kier alpha value is -2.36. The van der Waals surface area contributed by atoms with Gasteiger partial charge in [0.25, 0.3) is 5.91 Å². The number of ether oxygens (including phenoxy) is 1. The van der Waals surface area contributed by atoms with Crippen molar-refractivity contribution in [1.29, 1.82) is 0 Å². The summed E-state index contributed by atoms with van der Waals surface area (Å²) in [5.74, 6) is 0.925. The van der Waals surface area contributed by atoms with Crippen molar-refractivity contribution in [3.8, 4) is 0 Å². The van der Waals surface area contributed by atoms with E-state index in [1.807, 2.05) is 41.5 Å². The zero-order valence-corrected chi connectivity index (χ0v) is 20.6. The van der Waals surface area contributed by atoms with Crippen molar-refractivity contribution in [3.63, 3.8) is 0 Å². The number of piperidine rings is 1. The predicted molar refractivity (Wildman–Crippen MR) is 131 cm³/mol. The smallest absolute Gasteiger partial charge is 0.289 e. The number of aromatic nitrogens is 1. The number of aryl methyl sites for hydroxylation is 1. The molecule has 2 aromatic heterocycles. The van der Waals surface area contributed by atoms with Crippen LogP contribution in [-0.2, 0) is 15.3 Å². The van der Waals surface area contributed by atoms with Crippen molar-refractivity contribution in [3.05, 3.63) is 46.7 Å². The topological polar surface area (TPSA) is 84.7 Å². The summed E-state index contributed by atoms with van der Waals surface area (Å²) in [7, 11) is 1.65. The van der Waals surface area contributed by atoms with Gasteiger partial charge in [-0.2, -0.15) is 0 Å². The molecule has 1 fully saturated rings. The Kier molecular flexibility index (Phi) is 8.06. The number of carbonyl (C=O) groups excluding carboxylic acids is 2. The van der Waals surface area contributed by atoms with Gasteiger partial charge in [0, 0.05) is 67.0 Å². The largest absolute Gasteiger partial charge is 0.451 e. The van der Waals surface area contributed by atoms with E-state index in [0.717, 1.165) is 33.0 Å². The van der Waals surface area contributed by atoms with Crippen molar-refractivity contribution in [1.82, 2.24) is 15.2 Å². The molecule has 0 atom stereocenters. The van der Waals surface area contributed by atoms with E-state index in [1.165, 1.54) is 0 Å². The Balaban J connectivity index is 1.42. The van der Waals surface area contributed by atoms with Gasteiger partial charge in [-0.15, -0.1) is 11.3 Å². The molecule has 0 aliphatic carbocycles. The van der Waals surface area contributed by atoms with Gasteiger partial charge in [-0.25, -0.2) is 4.98 Å². The lowest BCUT2D eigenvalue weighted by Crippen LogP contribution is -2.43. The molecule has 0 bridgehead atoms. The van der Waals surface area contributed by atoms with Crippen molar-refractivity contribution in [2.24, 2.45) is 5.92 Å². The van der Waals surface area contributed by atoms with Crippen LogP contribution in [-0.4, -0.2) is 55.0 Å². The van der Waals surface area contributed by atoms with Crippen LogP contribution in [0.2, 0.25) is 0 Å². The standard InChI is InChI=1S/C24H29N3O4S2/c1-16-14-32-24(26-16)33-15-19-18-6-3-4-7-20(18)31-21(19)23(29)27-11-8-17(9-12-27)22(28)25-10-5-13-30-2/h3-4,6-7,14,17H,5,8-13,15H2,1-2H3,(H,25,28). The first-order valence-corrected chi connectivity index (χ1v) is 13.0. The van der Waals surface area contributed by atoms with Gasteiger partial charge in [0.15, 0.2) is 5.76 Å². The Morgan fingerprint density at radius 3 is 2.82 bits per heavy atom. The van der Waals surface area contributed by atoms with E-state index in [1.54, 1.807) is 30.2 Å². The van der Waals surface area contributed by atoms with E-state index >= 15 is 0 Å². The maximum absolute atomic E-state index is 13.4. The van der Waals surface area contributed by atoms with Gasteiger partial charge in [-0.05, 0) is 32.3 Å². The SMILES string of the molecule is COCCCNC(=O)C1CCN(C(=O)c2oc3ccccc3c2CSc2nc(C)cs2)CC1. The van der Waals surface area contributed by atoms with Gasteiger partial charge in [0.1, 0.15) is 9.92 Å². The lowest BCUT2D eigenvalue weighted by Gasteiger charge is -2.31. The summed E-state index contributed by atoms with van der Waals surface area (Å²) in [5.41, 5.74) is 2.63. The quantitative estimate of drug-likeness (QED) is 0.354. The summed E-state index contributed by atoms with van der Waals surface area (Å²) in [6.45, 7) is 4.32. The zero-order valence-electron chi connectivity index (χ0n) is 19.0. The molecule has 1 N–H and O–H groups in total. The molecule has 3 heterocycles. The van der Waals surface area contributed by atoms with Gasteiger partial charge in [-0.1, -0.05) is 30.0 Å². The highest BCUT2D eigenvalue weighted by molar-refractivity contribution is 8.00. The second-order valence-electron chi connectivity index (χ2n) is 8.15. The van der Waals surface area contributed by atoms with Crippen LogP contribution < -0.4 is 5.32 Å². The minimum Gasteiger partial charge on any atom is -0.451 e. The zero-order chi connectivity index (χ0) is 23.2. The molecule has 1 aromatic carbocycles. The van der Waals surface area contributed by atoms with E-state index in [0.29, 0.717) is 50.6 Å². The second kappa shape index (κ2) is 11.2. The van der Waals surface area contributed by atoms with Gasteiger partial charge in [-0.3, -0.25) is 9.59 Å². The molecule has 2 amide bonds. The van der Waals surface area contributed by atoms with Gasteiger partial charge in [0.2, 0.25) is 5.91 Å². The number of hydrogen-bond donors (Lipinski definition) is 1. The summed E-state index contributed by atoms with van der Waals surface area (Å²) in [6.07, 6.45) is 2.11. The molecule has 1 aliphatic heterocycles. The third-order valence-corrected chi connectivity index (χ3v) is 7.97. The molecule has 0 radical (unpaired) electrons. The number of carbonyl (C=O) groups is 2. The molecule has 33 heavy (non-hydrogen) atoms. The highest BCUT2D eigenvalue weighted by Crippen LogP contribution is 2.34. The number of hydrogen-bond acceptors (Lipinski definition) is 7. The molecule has 7 nitrogen and oxygen atoms in total. The van der Waals surface area contributed by atoms with Crippen molar-refractivity contribution in [2.75, 3.05) is 33.4 Å². The number of thioether (sulfide) groups is 1. The number of benzene rings is 1. The lowest BCUT2D eigenvalue weighted by molar-refractivity contribution is -0.126. The molecule has 3 aromatic rings. The Morgan fingerprint density at radius 2 is 2.09 bits per heavy atom. The summed E-state index contributed by atoms with van der Waals surface area (Å²) < 4.78 is 12.0. The second-order valence-corrected chi connectivity index (χ2v) is 10.2. The first-order valence-electron chi connectivity index (χ1n) is 11.2.